The van der Waals surface area contributed by atoms with Crippen LogP contribution in [-0.4, -0.2) is 31.1 Å². The lowest BCUT2D eigenvalue weighted by molar-refractivity contribution is 0.102. The molecule has 0 aliphatic rings. The number of imidazole rings is 1. The summed E-state index contributed by atoms with van der Waals surface area (Å²) >= 11 is 6.13. The summed E-state index contributed by atoms with van der Waals surface area (Å²) in [5, 5.41) is 11.3. The zero-order valence-corrected chi connectivity index (χ0v) is 16.4. The van der Waals surface area contributed by atoms with Crippen molar-refractivity contribution in [1.82, 2.24) is 25.1 Å². The maximum Gasteiger partial charge on any atom is 0.259 e. The summed E-state index contributed by atoms with van der Waals surface area (Å²) < 4.78 is 1.50. The summed E-state index contributed by atoms with van der Waals surface area (Å²) in [6, 6.07) is 9.58. The SMILES string of the molecule is O=C(Nc1nnc(SCc2nc3ccccc3[nH]2)s1)c1cncc(Br)c1. The maximum atomic E-state index is 12.2. The highest BCUT2D eigenvalue weighted by Gasteiger charge is 2.12. The predicted molar refractivity (Wildman–Crippen MR) is 105 cm³/mol. The number of para-hydroxylation sites is 2. The number of fused-ring (bicyclic) bond motifs is 1. The molecule has 3 aromatic heterocycles. The first-order valence-corrected chi connectivity index (χ1v) is 10.1. The quantitative estimate of drug-likeness (QED) is 0.353. The van der Waals surface area contributed by atoms with Crippen molar-refractivity contribution in [2.24, 2.45) is 0 Å². The number of halogens is 1. The Bertz CT molecular complexity index is 1050. The smallest absolute Gasteiger partial charge is 0.259 e. The largest absolute Gasteiger partial charge is 0.341 e. The Balaban J connectivity index is 1.39. The number of aromatic amines is 1. The van der Waals surface area contributed by atoms with E-state index < -0.39 is 0 Å². The van der Waals surface area contributed by atoms with Crippen LogP contribution < -0.4 is 5.32 Å². The number of pyridine rings is 1. The van der Waals surface area contributed by atoms with Gasteiger partial charge in [-0.2, -0.15) is 0 Å². The summed E-state index contributed by atoms with van der Waals surface area (Å²) in [6.07, 6.45) is 3.12. The van der Waals surface area contributed by atoms with Crippen molar-refractivity contribution in [2.45, 2.75) is 10.1 Å². The molecule has 3 heterocycles. The number of benzene rings is 1. The van der Waals surface area contributed by atoms with Gasteiger partial charge in [0, 0.05) is 16.9 Å². The highest BCUT2D eigenvalue weighted by Crippen LogP contribution is 2.28. The lowest BCUT2D eigenvalue weighted by Gasteiger charge is -2.00. The molecular weight excluding hydrogens is 436 g/mol. The van der Waals surface area contributed by atoms with Crippen LogP contribution in [0.5, 0.6) is 0 Å². The van der Waals surface area contributed by atoms with E-state index in [9.17, 15) is 4.79 Å². The molecule has 0 saturated heterocycles. The van der Waals surface area contributed by atoms with Gasteiger partial charge in [-0.15, -0.1) is 10.2 Å². The number of carbonyl (C=O) groups excluding carboxylic acids is 1. The number of hydrogen-bond donors (Lipinski definition) is 2. The van der Waals surface area contributed by atoms with Crippen LogP contribution in [0.3, 0.4) is 0 Å². The van der Waals surface area contributed by atoms with Crippen molar-refractivity contribution < 1.29 is 4.79 Å². The molecule has 0 unspecified atom stereocenters. The van der Waals surface area contributed by atoms with Crippen LogP contribution in [0.15, 0.2) is 51.5 Å². The van der Waals surface area contributed by atoms with Gasteiger partial charge in [0.1, 0.15) is 5.82 Å². The second-order valence-corrected chi connectivity index (χ2v) is 8.32. The van der Waals surface area contributed by atoms with Crippen LogP contribution in [-0.2, 0) is 5.75 Å². The van der Waals surface area contributed by atoms with E-state index in [0.717, 1.165) is 25.7 Å². The second kappa shape index (κ2) is 7.52. The van der Waals surface area contributed by atoms with Gasteiger partial charge < -0.3 is 4.98 Å². The Morgan fingerprint density at radius 2 is 2.15 bits per heavy atom. The van der Waals surface area contributed by atoms with Crippen LogP contribution in [0, 0.1) is 0 Å². The average Bonchev–Trinajstić information content (AvgIpc) is 3.26. The summed E-state index contributed by atoms with van der Waals surface area (Å²) in [4.78, 5) is 24.0. The summed E-state index contributed by atoms with van der Waals surface area (Å²) in [5.74, 6) is 1.24. The van der Waals surface area contributed by atoms with Gasteiger partial charge in [-0.3, -0.25) is 15.1 Å². The number of amides is 1. The number of anilines is 1. The molecule has 130 valence electrons. The number of H-pyrrole nitrogens is 1. The molecule has 2 N–H and O–H groups in total. The Morgan fingerprint density at radius 3 is 3.00 bits per heavy atom. The fourth-order valence-electron chi connectivity index (χ4n) is 2.23. The van der Waals surface area contributed by atoms with Gasteiger partial charge in [0.25, 0.3) is 5.91 Å². The average molecular weight is 447 g/mol. The molecule has 0 aliphatic heterocycles. The number of rotatable bonds is 5. The molecule has 0 atom stereocenters. The van der Waals surface area contributed by atoms with Crippen molar-refractivity contribution in [3.05, 3.63) is 58.6 Å². The molecule has 26 heavy (non-hydrogen) atoms. The van der Waals surface area contributed by atoms with Gasteiger partial charge in [-0.25, -0.2) is 4.98 Å². The Kier molecular flexibility index (Phi) is 4.96. The fourth-order valence-corrected chi connectivity index (χ4v) is 4.21. The lowest BCUT2D eigenvalue weighted by atomic mass is 10.3. The minimum atomic E-state index is -0.274. The molecule has 0 bridgehead atoms. The van der Waals surface area contributed by atoms with Gasteiger partial charge in [0.05, 0.1) is 22.3 Å². The molecule has 1 aromatic carbocycles. The monoisotopic (exact) mass is 446 g/mol. The molecule has 0 spiro atoms. The molecule has 10 heteroatoms. The van der Waals surface area contributed by atoms with Crippen LogP contribution in [0.4, 0.5) is 5.13 Å². The minimum Gasteiger partial charge on any atom is -0.341 e. The normalized spacial score (nSPS) is 11.0. The molecule has 4 aromatic rings. The van der Waals surface area contributed by atoms with Gasteiger partial charge in [-0.1, -0.05) is 35.2 Å². The van der Waals surface area contributed by atoms with E-state index in [4.69, 9.17) is 0 Å². The van der Waals surface area contributed by atoms with Crippen LogP contribution in [0.25, 0.3) is 11.0 Å². The van der Waals surface area contributed by atoms with E-state index in [1.807, 2.05) is 24.3 Å². The van der Waals surface area contributed by atoms with Gasteiger partial charge in [0.15, 0.2) is 4.34 Å². The summed E-state index contributed by atoms with van der Waals surface area (Å²) in [7, 11) is 0. The fraction of sp³-hybridized carbons (Fsp3) is 0.0625. The Morgan fingerprint density at radius 1 is 1.27 bits per heavy atom. The van der Waals surface area contributed by atoms with Crippen molar-refractivity contribution in [3.63, 3.8) is 0 Å². The first kappa shape index (κ1) is 17.1. The van der Waals surface area contributed by atoms with E-state index in [1.165, 1.54) is 29.3 Å². The van der Waals surface area contributed by atoms with Crippen molar-refractivity contribution in [2.75, 3.05) is 5.32 Å². The molecular formula is C16H11BrN6OS2. The Labute approximate surface area is 164 Å². The number of nitrogens with zero attached hydrogens (tertiary/aromatic N) is 4. The van der Waals surface area contributed by atoms with Crippen LogP contribution in [0.1, 0.15) is 16.2 Å². The van der Waals surface area contributed by atoms with Crippen molar-refractivity contribution in [1.29, 1.82) is 0 Å². The molecule has 7 nitrogen and oxygen atoms in total. The maximum absolute atomic E-state index is 12.2. The highest BCUT2D eigenvalue weighted by atomic mass is 79.9. The molecule has 1 amide bonds. The van der Waals surface area contributed by atoms with E-state index in [-0.39, 0.29) is 5.91 Å². The Hall–Kier alpha value is -2.30. The zero-order valence-electron chi connectivity index (χ0n) is 13.1. The number of aromatic nitrogens is 5. The van der Waals surface area contributed by atoms with E-state index in [1.54, 1.807) is 12.3 Å². The third-order valence-corrected chi connectivity index (χ3v) is 5.78. The number of nitrogens with one attached hydrogen (secondary N) is 2. The second-order valence-electron chi connectivity index (χ2n) is 5.21. The first-order chi connectivity index (χ1) is 12.7. The minimum absolute atomic E-state index is 0.274. The number of hydrogen-bond acceptors (Lipinski definition) is 7. The molecule has 0 saturated carbocycles. The van der Waals surface area contributed by atoms with Gasteiger partial charge in [-0.05, 0) is 34.1 Å². The molecule has 4 rings (SSSR count). The highest BCUT2D eigenvalue weighted by molar-refractivity contribution is 9.10. The first-order valence-electron chi connectivity index (χ1n) is 7.49. The third kappa shape index (κ3) is 3.92. The number of thioether (sulfide) groups is 1. The topological polar surface area (TPSA) is 96.5 Å². The number of carbonyl (C=O) groups is 1. The standard InChI is InChI=1S/C16H11BrN6OS2/c17-10-5-9(6-18-7-10)14(24)21-15-22-23-16(26-15)25-8-13-19-11-3-1-2-4-12(11)20-13/h1-7H,8H2,(H,19,20)(H,21,22,24). The van der Waals surface area contributed by atoms with Crippen molar-refractivity contribution >= 4 is 61.1 Å². The van der Waals surface area contributed by atoms with E-state index in [0.29, 0.717) is 16.4 Å². The summed E-state index contributed by atoms with van der Waals surface area (Å²) in [5.41, 5.74) is 2.40. The van der Waals surface area contributed by atoms with E-state index >= 15 is 0 Å². The molecule has 0 aliphatic carbocycles. The van der Waals surface area contributed by atoms with Crippen LogP contribution >= 0.6 is 39.0 Å². The lowest BCUT2D eigenvalue weighted by Crippen LogP contribution is -2.11. The van der Waals surface area contributed by atoms with Gasteiger partial charge >= 0.3 is 0 Å². The summed E-state index contributed by atoms with van der Waals surface area (Å²) in [6.45, 7) is 0. The third-order valence-electron chi connectivity index (χ3n) is 3.36. The predicted octanol–water partition coefficient (Wildman–Crippen LogP) is 4.12. The molecule has 0 radical (unpaired) electrons. The molecule has 0 fully saturated rings. The zero-order chi connectivity index (χ0) is 17.9. The van der Waals surface area contributed by atoms with Gasteiger partial charge in [0.2, 0.25) is 5.13 Å². The van der Waals surface area contributed by atoms with E-state index in [2.05, 4.69) is 46.4 Å². The van der Waals surface area contributed by atoms with Crippen molar-refractivity contribution in [3.8, 4) is 0 Å². The van der Waals surface area contributed by atoms with Crippen LogP contribution in [0.2, 0.25) is 0 Å².